The Hall–Kier alpha value is -2.24. The fraction of sp³-hybridized carbons (Fsp3) is 0.619. The van der Waals surface area contributed by atoms with Crippen LogP contribution in [0.2, 0.25) is 0 Å². The van der Waals surface area contributed by atoms with Gasteiger partial charge in [0, 0.05) is 25.1 Å². The Morgan fingerprint density at radius 3 is 2.56 bits per heavy atom. The first kappa shape index (κ1) is 19.5. The summed E-state index contributed by atoms with van der Waals surface area (Å²) in [6.45, 7) is 2.60. The molecular formula is C21H30N2O4. The Bertz CT molecular complexity index is 683. The Balaban J connectivity index is 1.64. The molecular weight excluding hydrogens is 344 g/mol. The van der Waals surface area contributed by atoms with Crippen molar-refractivity contribution < 1.29 is 19.1 Å². The highest BCUT2D eigenvalue weighted by molar-refractivity contribution is 6.01. The van der Waals surface area contributed by atoms with Crippen molar-refractivity contribution in [2.75, 3.05) is 25.7 Å². The van der Waals surface area contributed by atoms with Gasteiger partial charge in [-0.15, -0.1) is 0 Å². The van der Waals surface area contributed by atoms with Gasteiger partial charge in [0.05, 0.1) is 25.8 Å². The summed E-state index contributed by atoms with van der Waals surface area (Å²) in [6, 6.07) is 5.60. The lowest BCUT2D eigenvalue weighted by molar-refractivity contribution is -0.127. The van der Waals surface area contributed by atoms with Gasteiger partial charge in [-0.2, -0.15) is 0 Å². The topological polar surface area (TPSA) is 67.9 Å². The van der Waals surface area contributed by atoms with E-state index in [0.29, 0.717) is 23.7 Å². The minimum atomic E-state index is -0.322. The molecule has 0 aromatic heterocycles. The minimum absolute atomic E-state index is 0.00679. The van der Waals surface area contributed by atoms with Crippen LogP contribution in [-0.4, -0.2) is 38.6 Å². The van der Waals surface area contributed by atoms with Crippen molar-refractivity contribution in [3.63, 3.8) is 0 Å². The number of ether oxygens (including phenoxy) is 2. The van der Waals surface area contributed by atoms with Gasteiger partial charge in [0.1, 0.15) is 11.5 Å². The van der Waals surface area contributed by atoms with Crippen LogP contribution in [0.5, 0.6) is 11.5 Å². The Morgan fingerprint density at radius 2 is 1.93 bits per heavy atom. The van der Waals surface area contributed by atoms with E-state index in [-0.39, 0.29) is 30.2 Å². The van der Waals surface area contributed by atoms with Gasteiger partial charge in [-0.1, -0.05) is 13.3 Å². The Labute approximate surface area is 161 Å². The zero-order valence-corrected chi connectivity index (χ0v) is 16.5. The average molecular weight is 374 g/mol. The molecule has 1 aromatic rings. The number of anilines is 1. The number of nitrogens with one attached hydrogen (secondary N) is 1. The minimum Gasteiger partial charge on any atom is -0.497 e. The monoisotopic (exact) mass is 374 g/mol. The van der Waals surface area contributed by atoms with E-state index in [0.717, 1.165) is 18.8 Å². The van der Waals surface area contributed by atoms with E-state index in [1.165, 1.54) is 19.3 Å². The predicted octanol–water partition coefficient (Wildman–Crippen LogP) is 3.14. The summed E-state index contributed by atoms with van der Waals surface area (Å²) >= 11 is 0. The molecule has 1 heterocycles. The normalized spacial score (nSPS) is 25.4. The van der Waals surface area contributed by atoms with Crippen LogP contribution in [0.25, 0.3) is 0 Å². The number of benzene rings is 1. The highest BCUT2D eigenvalue weighted by Gasteiger charge is 2.37. The van der Waals surface area contributed by atoms with Crippen LogP contribution in [0.3, 0.4) is 0 Å². The van der Waals surface area contributed by atoms with Crippen molar-refractivity contribution in [1.29, 1.82) is 0 Å². The number of hydrogen-bond donors (Lipinski definition) is 1. The largest absolute Gasteiger partial charge is 0.497 e. The number of methoxy groups -OCH3 is 2. The molecule has 27 heavy (non-hydrogen) atoms. The van der Waals surface area contributed by atoms with Crippen molar-refractivity contribution in [3.8, 4) is 11.5 Å². The number of carbonyl (C=O) groups excluding carboxylic acids is 2. The molecule has 6 nitrogen and oxygen atoms in total. The summed E-state index contributed by atoms with van der Waals surface area (Å²) in [4.78, 5) is 26.9. The molecule has 1 aliphatic carbocycles. The lowest BCUT2D eigenvalue weighted by atomic mass is 9.84. The predicted molar refractivity (Wildman–Crippen MR) is 104 cm³/mol. The lowest BCUT2D eigenvalue weighted by Crippen LogP contribution is -2.41. The van der Waals surface area contributed by atoms with Crippen molar-refractivity contribution in [2.24, 2.45) is 11.8 Å². The molecule has 1 atom stereocenters. The maximum Gasteiger partial charge on any atom is 0.227 e. The van der Waals surface area contributed by atoms with E-state index in [1.54, 1.807) is 37.3 Å². The van der Waals surface area contributed by atoms with Gasteiger partial charge in [0.2, 0.25) is 11.8 Å². The molecule has 2 fully saturated rings. The summed E-state index contributed by atoms with van der Waals surface area (Å²) < 4.78 is 10.7. The van der Waals surface area contributed by atoms with Gasteiger partial charge in [0.15, 0.2) is 0 Å². The highest BCUT2D eigenvalue weighted by atomic mass is 16.5. The van der Waals surface area contributed by atoms with Crippen LogP contribution in [0.15, 0.2) is 18.2 Å². The number of hydrogen-bond acceptors (Lipinski definition) is 4. The molecule has 0 spiro atoms. The molecule has 1 aromatic carbocycles. The molecule has 1 unspecified atom stereocenters. The van der Waals surface area contributed by atoms with Crippen LogP contribution in [0.4, 0.5) is 5.69 Å². The summed E-state index contributed by atoms with van der Waals surface area (Å²) in [5.41, 5.74) is 0.653. The molecule has 1 aliphatic heterocycles. The molecule has 1 N–H and O–H groups in total. The third kappa shape index (κ3) is 4.37. The van der Waals surface area contributed by atoms with Gasteiger partial charge in [-0.25, -0.2) is 0 Å². The summed E-state index contributed by atoms with van der Waals surface area (Å²) in [6.07, 6.45) is 5.89. The standard InChI is InChI=1S/C21H30N2O4/c1-4-14-5-7-16(8-6-14)22-21(25)15-11-20(24)23(13-15)18-12-17(26-2)9-10-19(18)27-3/h9-10,12,14-16H,4-8,11,13H2,1-3H3,(H,22,25). The maximum absolute atomic E-state index is 12.7. The highest BCUT2D eigenvalue weighted by Crippen LogP contribution is 2.36. The molecule has 2 amide bonds. The molecule has 0 radical (unpaired) electrons. The van der Waals surface area contributed by atoms with Crippen LogP contribution >= 0.6 is 0 Å². The van der Waals surface area contributed by atoms with Crippen LogP contribution in [0.1, 0.15) is 45.4 Å². The second-order valence-electron chi connectivity index (χ2n) is 7.58. The smallest absolute Gasteiger partial charge is 0.227 e. The van der Waals surface area contributed by atoms with E-state index in [9.17, 15) is 9.59 Å². The Kier molecular flexibility index (Phi) is 6.24. The number of nitrogens with zero attached hydrogens (tertiary/aromatic N) is 1. The van der Waals surface area contributed by atoms with Gasteiger partial charge in [-0.3, -0.25) is 9.59 Å². The molecule has 1 saturated carbocycles. The van der Waals surface area contributed by atoms with Crippen LogP contribution in [0, 0.1) is 11.8 Å². The second-order valence-corrected chi connectivity index (χ2v) is 7.58. The van der Waals surface area contributed by atoms with Gasteiger partial charge in [0.25, 0.3) is 0 Å². The fourth-order valence-electron chi connectivity index (χ4n) is 4.16. The summed E-state index contributed by atoms with van der Waals surface area (Å²) in [5, 5.41) is 3.18. The van der Waals surface area contributed by atoms with E-state index in [1.807, 2.05) is 0 Å². The van der Waals surface area contributed by atoms with E-state index < -0.39 is 0 Å². The molecule has 6 heteroatoms. The zero-order valence-electron chi connectivity index (χ0n) is 16.5. The number of rotatable bonds is 6. The first-order valence-electron chi connectivity index (χ1n) is 9.88. The Morgan fingerprint density at radius 1 is 1.19 bits per heavy atom. The summed E-state index contributed by atoms with van der Waals surface area (Å²) in [7, 11) is 3.16. The second kappa shape index (κ2) is 8.63. The summed E-state index contributed by atoms with van der Waals surface area (Å²) in [5.74, 6) is 1.66. The van der Waals surface area contributed by atoms with Crippen LogP contribution in [-0.2, 0) is 9.59 Å². The third-order valence-corrected chi connectivity index (χ3v) is 5.94. The first-order chi connectivity index (χ1) is 13.0. The molecule has 0 bridgehead atoms. The van der Waals surface area contributed by atoms with E-state index >= 15 is 0 Å². The molecule has 2 aliphatic rings. The van der Waals surface area contributed by atoms with Crippen molar-refractivity contribution in [1.82, 2.24) is 5.32 Å². The fourth-order valence-corrected chi connectivity index (χ4v) is 4.16. The molecule has 3 rings (SSSR count). The van der Waals surface area contributed by atoms with Crippen LogP contribution < -0.4 is 19.7 Å². The van der Waals surface area contributed by atoms with E-state index in [2.05, 4.69) is 12.2 Å². The third-order valence-electron chi connectivity index (χ3n) is 5.94. The lowest BCUT2D eigenvalue weighted by Gasteiger charge is -2.29. The first-order valence-corrected chi connectivity index (χ1v) is 9.88. The van der Waals surface area contributed by atoms with Crippen molar-refractivity contribution in [3.05, 3.63) is 18.2 Å². The van der Waals surface area contributed by atoms with Gasteiger partial charge in [-0.05, 0) is 43.7 Å². The molecule has 148 valence electrons. The maximum atomic E-state index is 12.7. The quantitative estimate of drug-likeness (QED) is 0.831. The van der Waals surface area contributed by atoms with E-state index in [4.69, 9.17) is 9.47 Å². The number of carbonyl (C=O) groups is 2. The van der Waals surface area contributed by atoms with Crippen molar-refractivity contribution >= 4 is 17.5 Å². The number of amides is 2. The SMILES string of the molecule is CCC1CCC(NC(=O)C2CC(=O)N(c3cc(OC)ccc3OC)C2)CC1. The molecule has 1 saturated heterocycles. The van der Waals surface area contributed by atoms with Gasteiger partial charge >= 0.3 is 0 Å². The van der Waals surface area contributed by atoms with Crippen molar-refractivity contribution in [2.45, 2.75) is 51.5 Å². The van der Waals surface area contributed by atoms with Gasteiger partial charge < -0.3 is 19.7 Å². The average Bonchev–Trinajstić information content (AvgIpc) is 3.09. The zero-order chi connectivity index (χ0) is 19.4.